The number of aryl methyl sites for hydroxylation is 1. The topological polar surface area (TPSA) is 43.8 Å². The van der Waals surface area contributed by atoms with Crippen LogP contribution in [0.2, 0.25) is 0 Å². The lowest BCUT2D eigenvalue weighted by Crippen LogP contribution is -2.12. The molecule has 18 heavy (non-hydrogen) atoms. The van der Waals surface area contributed by atoms with Gasteiger partial charge in [0.05, 0.1) is 21.5 Å². The Hall–Kier alpha value is -1.20. The van der Waals surface area contributed by atoms with E-state index in [1.165, 1.54) is 12.1 Å². The molecule has 2 aromatic rings. The van der Waals surface area contributed by atoms with E-state index < -0.39 is 0 Å². The first-order valence-corrected chi connectivity index (χ1v) is 6.48. The van der Waals surface area contributed by atoms with E-state index in [9.17, 15) is 4.39 Å². The average Bonchev–Trinajstić information content (AvgIpc) is 2.57. The summed E-state index contributed by atoms with van der Waals surface area (Å²) in [6.45, 7) is 5.71. The molecule has 0 aliphatic rings. The van der Waals surface area contributed by atoms with Gasteiger partial charge in [0.1, 0.15) is 5.82 Å². The fourth-order valence-electron chi connectivity index (χ4n) is 1.94. The number of benzene rings is 1. The largest absolute Gasteiger partial charge is 0.324 e. The van der Waals surface area contributed by atoms with Gasteiger partial charge in [-0.2, -0.15) is 5.10 Å². The highest BCUT2D eigenvalue weighted by Crippen LogP contribution is 2.27. The molecule has 2 rings (SSSR count). The molecular weight excluding hydrogens is 297 g/mol. The van der Waals surface area contributed by atoms with Crippen molar-refractivity contribution in [1.82, 2.24) is 9.78 Å². The van der Waals surface area contributed by atoms with Crippen LogP contribution in [-0.2, 0) is 0 Å². The van der Waals surface area contributed by atoms with Crippen molar-refractivity contribution < 1.29 is 4.39 Å². The number of hydrogen-bond acceptors (Lipinski definition) is 2. The van der Waals surface area contributed by atoms with Crippen molar-refractivity contribution in [3.8, 4) is 5.69 Å². The maximum atomic E-state index is 13.3. The lowest BCUT2D eigenvalue weighted by atomic mass is 10.1. The standard InChI is InChI=1S/C13H15BrFN3/c1-7(16)11-6-10(15)4-5-12(11)18-9(3)13(14)8(2)17-18/h4-7H,16H2,1-3H3/t7-/m1/s1. The first-order chi connectivity index (χ1) is 8.41. The van der Waals surface area contributed by atoms with Crippen LogP contribution in [0.5, 0.6) is 0 Å². The van der Waals surface area contributed by atoms with E-state index in [-0.39, 0.29) is 11.9 Å². The van der Waals surface area contributed by atoms with Crippen molar-refractivity contribution >= 4 is 15.9 Å². The molecule has 0 spiro atoms. The van der Waals surface area contributed by atoms with Crippen LogP contribution >= 0.6 is 15.9 Å². The summed E-state index contributed by atoms with van der Waals surface area (Å²) in [6.07, 6.45) is 0. The van der Waals surface area contributed by atoms with Crippen LogP contribution in [0.3, 0.4) is 0 Å². The second kappa shape index (κ2) is 4.82. The van der Waals surface area contributed by atoms with Crippen LogP contribution in [-0.4, -0.2) is 9.78 Å². The molecule has 0 fully saturated rings. The Morgan fingerprint density at radius 1 is 1.39 bits per heavy atom. The zero-order chi connectivity index (χ0) is 13.4. The van der Waals surface area contributed by atoms with Crippen LogP contribution in [0.25, 0.3) is 5.69 Å². The number of nitrogens with zero attached hydrogens (tertiary/aromatic N) is 2. The monoisotopic (exact) mass is 311 g/mol. The van der Waals surface area contributed by atoms with Gasteiger partial charge in [0.2, 0.25) is 0 Å². The summed E-state index contributed by atoms with van der Waals surface area (Å²) in [5.41, 5.74) is 9.33. The van der Waals surface area contributed by atoms with Crippen LogP contribution in [0.15, 0.2) is 22.7 Å². The van der Waals surface area contributed by atoms with Gasteiger partial charge in [0.25, 0.3) is 0 Å². The predicted molar refractivity (Wildman–Crippen MR) is 73.3 cm³/mol. The maximum Gasteiger partial charge on any atom is 0.123 e. The molecule has 0 bridgehead atoms. The predicted octanol–water partition coefficient (Wildman–Crippen LogP) is 3.41. The molecule has 0 radical (unpaired) electrons. The van der Waals surface area contributed by atoms with Gasteiger partial charge in [-0.3, -0.25) is 0 Å². The number of halogens is 2. The lowest BCUT2D eigenvalue weighted by Gasteiger charge is -2.14. The molecular formula is C13H15BrFN3. The molecule has 1 atom stereocenters. The molecule has 2 N–H and O–H groups in total. The van der Waals surface area contributed by atoms with Gasteiger partial charge >= 0.3 is 0 Å². The summed E-state index contributed by atoms with van der Waals surface area (Å²) in [4.78, 5) is 0. The van der Waals surface area contributed by atoms with Crippen LogP contribution in [0.4, 0.5) is 4.39 Å². The van der Waals surface area contributed by atoms with Crippen molar-refractivity contribution in [3.63, 3.8) is 0 Å². The zero-order valence-corrected chi connectivity index (χ0v) is 12.1. The average molecular weight is 312 g/mol. The van der Waals surface area contributed by atoms with Crippen molar-refractivity contribution in [2.24, 2.45) is 5.73 Å². The van der Waals surface area contributed by atoms with Crippen molar-refractivity contribution in [2.75, 3.05) is 0 Å². The molecule has 5 heteroatoms. The third-order valence-electron chi connectivity index (χ3n) is 2.91. The summed E-state index contributed by atoms with van der Waals surface area (Å²) in [6, 6.07) is 4.34. The Morgan fingerprint density at radius 3 is 2.56 bits per heavy atom. The third kappa shape index (κ3) is 2.20. The Bertz CT molecular complexity index is 590. The molecule has 0 aliphatic heterocycles. The van der Waals surface area contributed by atoms with Gasteiger partial charge in [-0.15, -0.1) is 0 Å². The van der Waals surface area contributed by atoms with E-state index in [0.717, 1.165) is 27.1 Å². The maximum absolute atomic E-state index is 13.3. The Balaban J connectivity index is 2.67. The molecule has 3 nitrogen and oxygen atoms in total. The first kappa shape index (κ1) is 13.2. The highest BCUT2D eigenvalue weighted by Gasteiger charge is 2.15. The minimum absolute atomic E-state index is 0.251. The second-order valence-corrected chi connectivity index (χ2v) is 5.18. The van der Waals surface area contributed by atoms with Gasteiger partial charge in [-0.05, 0) is 60.5 Å². The number of aromatic nitrogens is 2. The second-order valence-electron chi connectivity index (χ2n) is 4.39. The first-order valence-electron chi connectivity index (χ1n) is 5.69. The van der Waals surface area contributed by atoms with Crippen LogP contribution in [0, 0.1) is 19.7 Å². The molecule has 0 amide bonds. The Labute approximate surface area is 114 Å². The van der Waals surface area contributed by atoms with Crippen molar-refractivity contribution in [1.29, 1.82) is 0 Å². The number of rotatable bonds is 2. The van der Waals surface area contributed by atoms with Crippen molar-refractivity contribution in [3.05, 3.63) is 45.4 Å². The van der Waals surface area contributed by atoms with Gasteiger partial charge in [0, 0.05) is 6.04 Å². The fraction of sp³-hybridized carbons (Fsp3) is 0.308. The zero-order valence-electron chi connectivity index (χ0n) is 10.5. The van der Waals surface area contributed by atoms with E-state index in [4.69, 9.17) is 5.73 Å². The summed E-state index contributed by atoms with van der Waals surface area (Å²) < 4.78 is 16.1. The molecule has 0 saturated heterocycles. The van der Waals surface area contributed by atoms with Crippen LogP contribution in [0.1, 0.15) is 29.9 Å². The third-order valence-corrected chi connectivity index (χ3v) is 4.06. The van der Waals surface area contributed by atoms with Crippen LogP contribution < -0.4 is 5.73 Å². The minimum atomic E-state index is -0.286. The molecule has 0 aliphatic carbocycles. The molecule has 0 unspecified atom stereocenters. The van der Waals surface area contributed by atoms with E-state index >= 15 is 0 Å². The smallest absolute Gasteiger partial charge is 0.123 e. The van der Waals surface area contributed by atoms with Gasteiger partial charge in [-0.25, -0.2) is 9.07 Å². The van der Waals surface area contributed by atoms with Gasteiger partial charge in [0.15, 0.2) is 0 Å². The SMILES string of the molecule is Cc1nn(-c2ccc(F)cc2[C@@H](C)N)c(C)c1Br. The quantitative estimate of drug-likeness (QED) is 0.923. The van der Waals surface area contributed by atoms with E-state index in [1.807, 2.05) is 20.8 Å². The molecule has 0 saturated carbocycles. The summed E-state index contributed by atoms with van der Waals surface area (Å²) in [7, 11) is 0. The van der Waals surface area contributed by atoms with Gasteiger partial charge < -0.3 is 5.73 Å². The lowest BCUT2D eigenvalue weighted by molar-refractivity contribution is 0.620. The Morgan fingerprint density at radius 2 is 2.06 bits per heavy atom. The highest BCUT2D eigenvalue weighted by molar-refractivity contribution is 9.10. The normalized spacial score (nSPS) is 12.8. The van der Waals surface area contributed by atoms with E-state index in [1.54, 1.807) is 10.7 Å². The number of hydrogen-bond donors (Lipinski definition) is 1. The molecule has 1 aromatic heterocycles. The summed E-state index contributed by atoms with van der Waals surface area (Å²) in [5.74, 6) is -0.286. The highest BCUT2D eigenvalue weighted by atomic mass is 79.9. The molecule has 96 valence electrons. The molecule has 1 heterocycles. The summed E-state index contributed by atoms with van der Waals surface area (Å²) in [5, 5.41) is 4.44. The van der Waals surface area contributed by atoms with E-state index in [0.29, 0.717) is 0 Å². The summed E-state index contributed by atoms with van der Waals surface area (Å²) >= 11 is 3.48. The molecule has 1 aromatic carbocycles. The number of nitrogens with two attached hydrogens (primary N) is 1. The fourth-order valence-corrected chi connectivity index (χ4v) is 2.19. The van der Waals surface area contributed by atoms with E-state index in [2.05, 4.69) is 21.0 Å². The Kier molecular flexibility index (Phi) is 3.54. The minimum Gasteiger partial charge on any atom is -0.324 e. The van der Waals surface area contributed by atoms with Gasteiger partial charge in [-0.1, -0.05) is 0 Å². The van der Waals surface area contributed by atoms with Crippen molar-refractivity contribution in [2.45, 2.75) is 26.8 Å².